The van der Waals surface area contributed by atoms with Crippen LogP contribution in [0.2, 0.25) is 0 Å². The van der Waals surface area contributed by atoms with Gasteiger partial charge in [0.1, 0.15) is 16.2 Å². The van der Waals surface area contributed by atoms with Crippen LogP contribution in [0.3, 0.4) is 0 Å². The minimum atomic E-state index is 0.777. The van der Waals surface area contributed by atoms with E-state index in [4.69, 9.17) is 4.74 Å². The lowest BCUT2D eigenvalue weighted by atomic mass is 10.1. The zero-order valence-electron chi connectivity index (χ0n) is 10.6. The standard InChI is InChI=1S/C14H12BrN3O/c1-9-3-4-12(19-2)10(7-9)14-17-13(15)11-8-16-5-6-18(11)14/h3-8H,1-2H3. The average molecular weight is 318 g/mol. The van der Waals surface area contributed by atoms with Crippen molar-refractivity contribution in [3.8, 4) is 17.1 Å². The molecule has 0 atom stereocenters. The summed E-state index contributed by atoms with van der Waals surface area (Å²) in [7, 11) is 1.67. The SMILES string of the molecule is COc1ccc(C)cc1-c1nc(Br)c2cnccn12. The Morgan fingerprint density at radius 2 is 2.16 bits per heavy atom. The van der Waals surface area contributed by atoms with Gasteiger partial charge in [-0.15, -0.1) is 0 Å². The highest BCUT2D eigenvalue weighted by Gasteiger charge is 2.14. The summed E-state index contributed by atoms with van der Waals surface area (Å²) in [6.45, 7) is 2.05. The fourth-order valence-electron chi connectivity index (χ4n) is 2.09. The number of nitrogens with zero attached hydrogens (tertiary/aromatic N) is 3. The quantitative estimate of drug-likeness (QED) is 0.726. The Morgan fingerprint density at radius 3 is 2.95 bits per heavy atom. The van der Waals surface area contributed by atoms with Crippen LogP contribution in [0.4, 0.5) is 0 Å². The molecular formula is C14H12BrN3O. The van der Waals surface area contributed by atoms with Crippen LogP contribution in [-0.2, 0) is 0 Å². The molecule has 0 fully saturated rings. The maximum absolute atomic E-state index is 5.43. The molecule has 0 aliphatic carbocycles. The van der Waals surface area contributed by atoms with E-state index in [1.165, 1.54) is 0 Å². The summed E-state index contributed by atoms with van der Waals surface area (Å²) in [6, 6.07) is 6.05. The first-order valence-electron chi connectivity index (χ1n) is 5.83. The Hall–Kier alpha value is -1.88. The van der Waals surface area contributed by atoms with Crippen molar-refractivity contribution in [2.24, 2.45) is 0 Å². The van der Waals surface area contributed by atoms with Crippen molar-refractivity contribution in [2.75, 3.05) is 7.11 Å². The molecule has 19 heavy (non-hydrogen) atoms. The second-order valence-corrected chi connectivity index (χ2v) is 5.01. The number of hydrogen-bond donors (Lipinski definition) is 0. The van der Waals surface area contributed by atoms with Crippen LogP contribution in [0.5, 0.6) is 5.75 Å². The molecule has 0 saturated carbocycles. The number of halogens is 1. The predicted molar refractivity (Wildman–Crippen MR) is 77.4 cm³/mol. The Labute approximate surface area is 119 Å². The normalized spacial score (nSPS) is 10.9. The van der Waals surface area contributed by atoms with Crippen molar-refractivity contribution in [1.29, 1.82) is 0 Å². The second kappa shape index (κ2) is 4.66. The van der Waals surface area contributed by atoms with Gasteiger partial charge < -0.3 is 4.74 Å². The van der Waals surface area contributed by atoms with Crippen LogP contribution < -0.4 is 4.74 Å². The lowest BCUT2D eigenvalue weighted by Crippen LogP contribution is -1.94. The number of fused-ring (bicyclic) bond motifs is 1. The Bertz CT molecular complexity index is 752. The van der Waals surface area contributed by atoms with Crippen molar-refractivity contribution in [1.82, 2.24) is 14.4 Å². The molecule has 3 aromatic rings. The highest BCUT2D eigenvalue weighted by Crippen LogP contribution is 2.32. The summed E-state index contributed by atoms with van der Waals surface area (Å²) in [5.41, 5.74) is 3.06. The molecule has 0 spiro atoms. The maximum Gasteiger partial charge on any atom is 0.149 e. The van der Waals surface area contributed by atoms with Crippen LogP contribution in [-0.4, -0.2) is 21.5 Å². The van der Waals surface area contributed by atoms with E-state index in [1.807, 2.05) is 22.7 Å². The van der Waals surface area contributed by atoms with Crippen molar-refractivity contribution in [3.05, 3.63) is 47.0 Å². The fraction of sp³-hybridized carbons (Fsp3) is 0.143. The molecule has 2 heterocycles. The highest BCUT2D eigenvalue weighted by atomic mass is 79.9. The number of imidazole rings is 1. The van der Waals surface area contributed by atoms with Gasteiger partial charge in [0, 0.05) is 12.4 Å². The van der Waals surface area contributed by atoms with Crippen molar-refractivity contribution in [2.45, 2.75) is 6.92 Å². The van der Waals surface area contributed by atoms with Gasteiger partial charge >= 0.3 is 0 Å². The Kier molecular flexibility index (Phi) is 2.98. The van der Waals surface area contributed by atoms with Crippen LogP contribution in [0.25, 0.3) is 16.9 Å². The van der Waals surface area contributed by atoms with Crippen LogP contribution in [0.15, 0.2) is 41.4 Å². The summed E-state index contributed by atoms with van der Waals surface area (Å²) >= 11 is 3.47. The van der Waals surface area contributed by atoms with E-state index in [-0.39, 0.29) is 0 Å². The summed E-state index contributed by atoms with van der Waals surface area (Å²) in [6.07, 6.45) is 5.42. The minimum Gasteiger partial charge on any atom is -0.496 e. The molecule has 96 valence electrons. The van der Waals surface area contributed by atoms with Crippen molar-refractivity contribution < 1.29 is 4.74 Å². The molecule has 2 aromatic heterocycles. The zero-order chi connectivity index (χ0) is 13.4. The van der Waals surface area contributed by atoms with E-state index < -0.39 is 0 Å². The molecule has 0 amide bonds. The summed E-state index contributed by atoms with van der Waals surface area (Å²) in [4.78, 5) is 8.69. The van der Waals surface area contributed by atoms with Gasteiger partial charge in [0.25, 0.3) is 0 Å². The van der Waals surface area contributed by atoms with E-state index in [0.717, 1.165) is 32.8 Å². The van der Waals surface area contributed by atoms with Gasteiger partial charge in [-0.3, -0.25) is 9.38 Å². The molecule has 0 unspecified atom stereocenters. The number of ether oxygens (including phenoxy) is 1. The van der Waals surface area contributed by atoms with Crippen LogP contribution in [0.1, 0.15) is 5.56 Å². The largest absolute Gasteiger partial charge is 0.496 e. The van der Waals surface area contributed by atoms with Gasteiger partial charge in [-0.2, -0.15) is 0 Å². The zero-order valence-corrected chi connectivity index (χ0v) is 12.2. The third kappa shape index (κ3) is 2.00. The van der Waals surface area contributed by atoms with Gasteiger partial charge in [0.2, 0.25) is 0 Å². The summed E-state index contributed by atoms with van der Waals surface area (Å²) in [5.74, 6) is 1.65. The van der Waals surface area contributed by atoms with Crippen molar-refractivity contribution in [3.63, 3.8) is 0 Å². The number of aromatic nitrogens is 3. The molecule has 4 nitrogen and oxygen atoms in total. The average Bonchev–Trinajstić information content (AvgIpc) is 2.77. The molecule has 0 aliphatic heterocycles. The first kappa shape index (κ1) is 12.2. The predicted octanol–water partition coefficient (Wildman–Crippen LogP) is 3.48. The molecule has 0 radical (unpaired) electrons. The monoisotopic (exact) mass is 317 g/mol. The molecule has 1 aromatic carbocycles. The number of aryl methyl sites for hydroxylation is 1. The molecule has 5 heteroatoms. The third-order valence-corrected chi connectivity index (χ3v) is 3.58. The number of rotatable bonds is 2. The minimum absolute atomic E-state index is 0.777. The van der Waals surface area contributed by atoms with E-state index in [9.17, 15) is 0 Å². The Balaban J connectivity index is 2.33. The second-order valence-electron chi connectivity index (χ2n) is 4.26. The number of hydrogen-bond acceptors (Lipinski definition) is 3. The van der Waals surface area contributed by atoms with E-state index in [2.05, 4.69) is 38.9 Å². The molecule has 3 rings (SSSR count). The fourth-order valence-corrected chi connectivity index (χ4v) is 2.55. The third-order valence-electron chi connectivity index (χ3n) is 3.00. The van der Waals surface area contributed by atoms with E-state index in [0.29, 0.717) is 0 Å². The molecule has 0 aliphatic rings. The van der Waals surface area contributed by atoms with E-state index in [1.54, 1.807) is 19.5 Å². The smallest absolute Gasteiger partial charge is 0.149 e. The molecule has 0 bridgehead atoms. The lowest BCUT2D eigenvalue weighted by Gasteiger charge is -2.08. The van der Waals surface area contributed by atoms with Gasteiger partial charge in [-0.25, -0.2) is 4.98 Å². The highest BCUT2D eigenvalue weighted by molar-refractivity contribution is 9.10. The van der Waals surface area contributed by atoms with Gasteiger partial charge in [0.15, 0.2) is 0 Å². The molecular weight excluding hydrogens is 306 g/mol. The van der Waals surface area contributed by atoms with E-state index >= 15 is 0 Å². The first-order valence-corrected chi connectivity index (χ1v) is 6.62. The van der Waals surface area contributed by atoms with Crippen LogP contribution in [0, 0.1) is 6.92 Å². The maximum atomic E-state index is 5.43. The van der Waals surface area contributed by atoms with Gasteiger partial charge in [-0.1, -0.05) is 11.6 Å². The summed E-state index contributed by atoms with van der Waals surface area (Å²) < 4.78 is 8.20. The van der Waals surface area contributed by atoms with Crippen molar-refractivity contribution >= 4 is 21.4 Å². The topological polar surface area (TPSA) is 39.4 Å². The summed E-state index contributed by atoms with van der Waals surface area (Å²) in [5, 5.41) is 0. The van der Waals surface area contributed by atoms with Crippen LogP contribution >= 0.6 is 15.9 Å². The lowest BCUT2D eigenvalue weighted by molar-refractivity contribution is 0.416. The first-order chi connectivity index (χ1) is 9.20. The number of methoxy groups -OCH3 is 1. The molecule has 0 N–H and O–H groups in total. The van der Waals surface area contributed by atoms with Gasteiger partial charge in [0.05, 0.1) is 24.4 Å². The van der Waals surface area contributed by atoms with Gasteiger partial charge in [-0.05, 0) is 35.0 Å². The Morgan fingerprint density at radius 1 is 1.32 bits per heavy atom. The number of benzene rings is 1. The molecule has 0 saturated heterocycles.